The topological polar surface area (TPSA) is 26.2 Å². The van der Waals surface area contributed by atoms with Crippen LogP contribution in [0.5, 0.6) is 0 Å². The van der Waals surface area contributed by atoms with Gasteiger partial charge in [-0.2, -0.15) is 0 Å². The van der Waals surface area contributed by atoms with E-state index in [0.29, 0.717) is 0 Å². The van der Waals surface area contributed by atoms with Crippen molar-refractivity contribution in [2.45, 2.75) is 12.8 Å². The van der Waals surface area contributed by atoms with Crippen molar-refractivity contribution in [2.75, 3.05) is 4.90 Å². The predicted octanol–water partition coefficient (Wildman–Crippen LogP) is 16.4. The number of allylic oxidation sites excluding steroid dienone is 1. The fourth-order valence-electron chi connectivity index (χ4n) is 10.2. The van der Waals surface area contributed by atoms with Gasteiger partial charge in [-0.05, 0) is 114 Å². The van der Waals surface area contributed by atoms with Gasteiger partial charge in [0, 0.05) is 72.2 Å². The number of nitrogens with zero attached hydrogens (tertiary/aromatic N) is 3. The Balaban J connectivity index is 0.878. The predicted molar refractivity (Wildman–Crippen MR) is 268 cm³/mol. The minimum atomic E-state index is 0.913. The monoisotopic (exact) mass is 819 g/mol. The van der Waals surface area contributed by atoms with Crippen LogP contribution in [0.15, 0.2) is 223 Å². The van der Waals surface area contributed by atoms with E-state index in [1.165, 1.54) is 49.7 Å². The highest BCUT2D eigenvalue weighted by Gasteiger charge is 2.20. The maximum absolute atomic E-state index is 6.38. The summed E-state index contributed by atoms with van der Waals surface area (Å²) in [4.78, 5) is 2.37. The molecule has 0 atom stereocenters. The van der Waals surface area contributed by atoms with Gasteiger partial charge in [0.1, 0.15) is 11.2 Å². The molecule has 0 N–H and O–H groups in total. The molecule has 0 unspecified atom stereocenters. The van der Waals surface area contributed by atoms with Crippen LogP contribution in [0.2, 0.25) is 0 Å². The normalized spacial score (nSPS) is 12.5. The minimum absolute atomic E-state index is 0.913. The van der Waals surface area contributed by atoms with E-state index in [0.717, 1.165) is 79.8 Å². The standard InChI is InChI=1S/C60H41N3O/c1-6-19-55-49(12-1)50-13-2-7-20-56(50)62(55)46-36-32-44(33-37-46)61(45-34-38-47(39-35-45)63-57-21-8-3-14-51(57)52-15-4-9-22-58(52)63)43-30-28-41(29-31-43)40-24-26-42(27-25-40)48-17-11-18-54-53-16-5-10-23-59(53)64-60(48)54/h1-8,10-21,23-39H,9,22H2. The maximum Gasteiger partial charge on any atom is 0.143 e. The number of aromatic nitrogens is 2. The third-order valence-electron chi connectivity index (χ3n) is 13.2. The molecule has 9 aromatic carbocycles. The zero-order valence-corrected chi connectivity index (χ0v) is 35.0. The minimum Gasteiger partial charge on any atom is -0.455 e. The average Bonchev–Trinajstić information content (AvgIpc) is 4.03. The molecule has 1 aliphatic rings. The summed E-state index contributed by atoms with van der Waals surface area (Å²) < 4.78 is 11.2. The van der Waals surface area contributed by atoms with E-state index in [1.54, 1.807) is 0 Å². The first-order valence-corrected chi connectivity index (χ1v) is 22.1. The van der Waals surface area contributed by atoms with E-state index in [2.05, 4.69) is 226 Å². The molecule has 13 rings (SSSR count). The lowest BCUT2D eigenvalue weighted by Gasteiger charge is -2.26. The van der Waals surface area contributed by atoms with Crippen LogP contribution < -0.4 is 4.90 Å². The van der Waals surface area contributed by atoms with Crippen LogP contribution >= 0.6 is 0 Å². The molecule has 0 fully saturated rings. The quantitative estimate of drug-likeness (QED) is 0.160. The molecule has 64 heavy (non-hydrogen) atoms. The van der Waals surface area contributed by atoms with Gasteiger partial charge in [0.05, 0.1) is 16.6 Å². The Kier molecular flexibility index (Phi) is 8.31. The molecule has 0 amide bonds. The van der Waals surface area contributed by atoms with Gasteiger partial charge in [-0.1, -0.05) is 140 Å². The molecule has 12 aromatic rings. The highest BCUT2D eigenvalue weighted by atomic mass is 16.3. The first-order chi connectivity index (χ1) is 31.7. The molecule has 0 aliphatic heterocycles. The number of furan rings is 1. The average molecular weight is 820 g/mol. The van der Waals surface area contributed by atoms with E-state index in [1.807, 2.05) is 12.1 Å². The number of rotatable bonds is 7. The van der Waals surface area contributed by atoms with E-state index in [-0.39, 0.29) is 0 Å². The SMILES string of the molecule is C1=Cc2c(n(-c3ccc(N(c4ccc(-c5ccc(-c6cccc7c6oc6ccccc67)cc5)cc4)c4ccc(-n5c6ccccc6c6ccccc65)cc4)cc3)c3ccccc23)CC1. The second-order valence-corrected chi connectivity index (χ2v) is 16.8. The highest BCUT2D eigenvalue weighted by Crippen LogP contribution is 2.41. The van der Waals surface area contributed by atoms with Crippen LogP contribution in [0, 0.1) is 0 Å². The second-order valence-electron chi connectivity index (χ2n) is 16.8. The van der Waals surface area contributed by atoms with Gasteiger partial charge < -0.3 is 18.5 Å². The van der Waals surface area contributed by atoms with Crippen LogP contribution in [-0.2, 0) is 6.42 Å². The molecule has 4 nitrogen and oxygen atoms in total. The molecule has 0 saturated heterocycles. The van der Waals surface area contributed by atoms with Gasteiger partial charge in [-0.15, -0.1) is 0 Å². The van der Waals surface area contributed by atoms with Gasteiger partial charge in [0.25, 0.3) is 0 Å². The van der Waals surface area contributed by atoms with Gasteiger partial charge in [0.2, 0.25) is 0 Å². The number of anilines is 3. The zero-order valence-electron chi connectivity index (χ0n) is 35.0. The van der Waals surface area contributed by atoms with E-state index in [4.69, 9.17) is 4.42 Å². The summed E-state index contributed by atoms with van der Waals surface area (Å²) in [5.74, 6) is 0. The molecule has 3 aromatic heterocycles. The van der Waals surface area contributed by atoms with Crippen molar-refractivity contribution in [2.24, 2.45) is 0 Å². The summed E-state index contributed by atoms with van der Waals surface area (Å²) >= 11 is 0. The number of benzene rings is 9. The number of para-hydroxylation sites is 5. The molecule has 0 spiro atoms. The highest BCUT2D eigenvalue weighted by molar-refractivity contribution is 6.10. The van der Waals surface area contributed by atoms with Crippen LogP contribution in [0.3, 0.4) is 0 Å². The summed E-state index contributed by atoms with van der Waals surface area (Å²) in [6.45, 7) is 0. The molecule has 4 heteroatoms. The van der Waals surface area contributed by atoms with Crippen LogP contribution in [0.25, 0.3) is 94.4 Å². The van der Waals surface area contributed by atoms with Crippen molar-refractivity contribution in [1.82, 2.24) is 9.13 Å². The lowest BCUT2D eigenvalue weighted by Crippen LogP contribution is -2.10. The van der Waals surface area contributed by atoms with Crippen molar-refractivity contribution in [3.8, 4) is 33.6 Å². The van der Waals surface area contributed by atoms with Crippen molar-refractivity contribution < 1.29 is 4.42 Å². The Morgan fingerprint density at radius 3 is 1.52 bits per heavy atom. The summed E-state index contributed by atoms with van der Waals surface area (Å²) in [6, 6.07) is 76.8. The number of hydrogen-bond acceptors (Lipinski definition) is 2. The first-order valence-electron chi connectivity index (χ1n) is 22.1. The van der Waals surface area contributed by atoms with Crippen LogP contribution in [-0.4, -0.2) is 9.13 Å². The fraction of sp³-hybridized carbons (Fsp3) is 0.0333. The number of hydrogen-bond donors (Lipinski definition) is 0. The molecular weight excluding hydrogens is 779 g/mol. The van der Waals surface area contributed by atoms with Crippen molar-refractivity contribution in [3.05, 3.63) is 230 Å². The van der Waals surface area contributed by atoms with Crippen LogP contribution in [0.1, 0.15) is 17.7 Å². The summed E-state index contributed by atoms with van der Waals surface area (Å²) in [5, 5.41) is 6.11. The Bertz CT molecular complexity index is 3700. The van der Waals surface area contributed by atoms with E-state index < -0.39 is 0 Å². The molecule has 0 radical (unpaired) electrons. The largest absolute Gasteiger partial charge is 0.455 e. The Labute approximate surface area is 370 Å². The lowest BCUT2D eigenvalue weighted by molar-refractivity contribution is 0.670. The Morgan fingerprint density at radius 1 is 0.391 bits per heavy atom. The molecule has 0 bridgehead atoms. The lowest BCUT2D eigenvalue weighted by atomic mass is 9.98. The maximum atomic E-state index is 6.38. The Morgan fingerprint density at radius 2 is 0.875 bits per heavy atom. The Hall–Kier alpha value is -8.34. The van der Waals surface area contributed by atoms with Gasteiger partial charge >= 0.3 is 0 Å². The summed E-state index contributed by atoms with van der Waals surface area (Å²) in [7, 11) is 0. The molecule has 302 valence electrons. The second kappa shape index (κ2) is 14.6. The molecule has 1 aliphatic carbocycles. The third kappa shape index (κ3) is 5.76. The van der Waals surface area contributed by atoms with E-state index in [9.17, 15) is 0 Å². The fourth-order valence-corrected chi connectivity index (χ4v) is 10.2. The van der Waals surface area contributed by atoms with Gasteiger partial charge in [-0.25, -0.2) is 0 Å². The molecule has 0 saturated carbocycles. The van der Waals surface area contributed by atoms with E-state index >= 15 is 0 Å². The summed E-state index contributed by atoms with van der Waals surface area (Å²) in [6.07, 6.45) is 6.69. The zero-order chi connectivity index (χ0) is 42.1. The van der Waals surface area contributed by atoms with Crippen molar-refractivity contribution >= 4 is 77.8 Å². The van der Waals surface area contributed by atoms with Gasteiger partial charge in [0.15, 0.2) is 0 Å². The van der Waals surface area contributed by atoms with Crippen molar-refractivity contribution in [3.63, 3.8) is 0 Å². The smallest absolute Gasteiger partial charge is 0.143 e. The molecule has 3 heterocycles. The van der Waals surface area contributed by atoms with Gasteiger partial charge in [-0.3, -0.25) is 0 Å². The molecular formula is C60H41N3O. The first kappa shape index (κ1) is 36.3. The van der Waals surface area contributed by atoms with Crippen molar-refractivity contribution in [1.29, 1.82) is 0 Å². The number of fused-ring (bicyclic) bond motifs is 9. The van der Waals surface area contributed by atoms with Crippen LogP contribution in [0.4, 0.5) is 17.1 Å². The summed E-state index contributed by atoms with van der Waals surface area (Å²) in [5.41, 5.74) is 18.3. The third-order valence-corrected chi connectivity index (χ3v) is 13.2.